The van der Waals surface area contributed by atoms with E-state index in [1.807, 2.05) is 31.2 Å². The summed E-state index contributed by atoms with van der Waals surface area (Å²) in [4.78, 5) is 56.0. The highest BCUT2D eigenvalue weighted by atomic mass is 16.4. The van der Waals surface area contributed by atoms with Gasteiger partial charge in [0, 0.05) is 18.3 Å². The summed E-state index contributed by atoms with van der Waals surface area (Å²) < 4.78 is 5.58. The maximum absolute atomic E-state index is 13.1. The van der Waals surface area contributed by atoms with Crippen LogP contribution in [0.4, 0.5) is 4.79 Å². The van der Waals surface area contributed by atoms with Crippen LogP contribution in [0.25, 0.3) is 0 Å². The van der Waals surface area contributed by atoms with E-state index in [2.05, 4.69) is 25.8 Å². The van der Waals surface area contributed by atoms with Gasteiger partial charge >= 0.3 is 6.03 Å². The van der Waals surface area contributed by atoms with Crippen molar-refractivity contribution in [1.82, 2.24) is 30.7 Å². The van der Waals surface area contributed by atoms with Gasteiger partial charge in [-0.25, -0.2) is 4.79 Å². The van der Waals surface area contributed by atoms with Gasteiger partial charge in [0.2, 0.25) is 17.6 Å². The molecule has 1 aliphatic heterocycles. The van der Waals surface area contributed by atoms with E-state index in [4.69, 9.17) is 4.42 Å². The minimum absolute atomic E-state index is 0.207. The van der Waals surface area contributed by atoms with Gasteiger partial charge in [0.05, 0.1) is 12.5 Å². The number of benzene rings is 1. The van der Waals surface area contributed by atoms with Gasteiger partial charge in [0.25, 0.3) is 11.8 Å². The number of nitrogens with one attached hydrogen (secondary N) is 2. The highest BCUT2D eigenvalue weighted by Crippen LogP contribution is 2.15. The highest BCUT2D eigenvalue weighted by Gasteiger charge is 2.40. The molecule has 11 nitrogen and oxygen atoms in total. The first-order valence-corrected chi connectivity index (χ1v) is 11.9. The van der Waals surface area contributed by atoms with Gasteiger partial charge in [-0.15, -0.1) is 10.2 Å². The number of nitrogens with zero attached hydrogens (tertiary/aromatic N) is 4. The summed E-state index contributed by atoms with van der Waals surface area (Å²) in [6, 6.07) is 10.6. The van der Waals surface area contributed by atoms with E-state index in [-0.39, 0.29) is 24.1 Å². The summed E-state index contributed by atoms with van der Waals surface area (Å²) in [6.45, 7) is 4.96. The zero-order chi connectivity index (χ0) is 26.5. The smallest absolute Gasteiger partial charge is 0.325 e. The van der Waals surface area contributed by atoms with Gasteiger partial charge in [-0.3, -0.25) is 24.3 Å². The minimum Gasteiger partial charge on any atom is -0.418 e. The molecule has 1 fully saturated rings. The summed E-state index contributed by atoms with van der Waals surface area (Å²) in [5.74, 6) is -1.99. The summed E-state index contributed by atoms with van der Waals surface area (Å²) >= 11 is 0. The number of amides is 4. The lowest BCUT2D eigenvalue weighted by Crippen LogP contribution is -2.49. The summed E-state index contributed by atoms with van der Waals surface area (Å²) in [7, 11) is 0. The third-order valence-corrected chi connectivity index (χ3v) is 5.93. The van der Waals surface area contributed by atoms with Crippen LogP contribution in [0.5, 0.6) is 0 Å². The molecule has 11 heteroatoms. The Labute approximate surface area is 213 Å². The second-order valence-electron chi connectivity index (χ2n) is 9.27. The Morgan fingerprint density at radius 1 is 1.14 bits per heavy atom. The predicted molar refractivity (Wildman–Crippen MR) is 131 cm³/mol. The number of imide groups is 1. The molecule has 0 aliphatic carbocycles. The molecular weight excluding hydrogens is 476 g/mol. The van der Waals surface area contributed by atoms with E-state index < -0.39 is 42.3 Å². The van der Waals surface area contributed by atoms with E-state index in [0.29, 0.717) is 12.1 Å². The third kappa shape index (κ3) is 6.24. The average Bonchev–Trinajstić information content (AvgIpc) is 3.42. The highest BCUT2D eigenvalue weighted by molar-refractivity contribution is 6.07. The van der Waals surface area contributed by atoms with Crippen LogP contribution in [-0.4, -0.2) is 62.3 Å². The zero-order valence-corrected chi connectivity index (χ0v) is 20.8. The SMILES string of the molecule is Cc1cccc(Cc2nnc(C(=O)[C@@H](NC(=O)CN3C(=O)N[C@H](Cc4ccccn4)C3=O)C(C)C)o2)c1. The fourth-order valence-corrected chi connectivity index (χ4v) is 4.04. The van der Waals surface area contributed by atoms with Gasteiger partial charge in [0.1, 0.15) is 12.6 Å². The molecule has 4 amide bonds. The first-order chi connectivity index (χ1) is 17.7. The van der Waals surface area contributed by atoms with Crippen molar-refractivity contribution in [3.8, 4) is 0 Å². The molecule has 192 valence electrons. The Morgan fingerprint density at radius 2 is 1.95 bits per heavy atom. The molecule has 1 saturated heterocycles. The van der Waals surface area contributed by atoms with Crippen LogP contribution in [0, 0.1) is 12.8 Å². The summed E-state index contributed by atoms with van der Waals surface area (Å²) in [5.41, 5.74) is 2.69. The number of rotatable bonds is 10. The lowest BCUT2D eigenvalue weighted by atomic mass is 9.99. The van der Waals surface area contributed by atoms with Crippen LogP contribution in [0.15, 0.2) is 53.1 Å². The van der Waals surface area contributed by atoms with Gasteiger partial charge < -0.3 is 15.1 Å². The van der Waals surface area contributed by atoms with E-state index in [1.165, 1.54) is 0 Å². The van der Waals surface area contributed by atoms with Crippen LogP contribution in [-0.2, 0) is 22.4 Å². The van der Waals surface area contributed by atoms with Crippen molar-refractivity contribution in [1.29, 1.82) is 0 Å². The molecule has 0 unspecified atom stereocenters. The van der Waals surface area contributed by atoms with Crippen molar-refractivity contribution in [2.24, 2.45) is 5.92 Å². The molecule has 1 aromatic carbocycles. The molecule has 2 N–H and O–H groups in total. The molecule has 3 aromatic rings. The first kappa shape index (κ1) is 25.7. The second-order valence-corrected chi connectivity index (χ2v) is 9.27. The lowest BCUT2D eigenvalue weighted by molar-refractivity contribution is -0.132. The molecule has 0 bridgehead atoms. The summed E-state index contributed by atoms with van der Waals surface area (Å²) in [6.07, 6.45) is 2.17. The van der Waals surface area contributed by atoms with Gasteiger partial charge in [0.15, 0.2) is 0 Å². The number of aryl methyl sites for hydroxylation is 1. The molecule has 37 heavy (non-hydrogen) atoms. The maximum atomic E-state index is 13.1. The number of urea groups is 1. The number of carbonyl (C=O) groups excluding carboxylic acids is 4. The molecule has 2 aromatic heterocycles. The Morgan fingerprint density at radius 3 is 2.65 bits per heavy atom. The lowest BCUT2D eigenvalue weighted by Gasteiger charge is -2.21. The Kier molecular flexibility index (Phi) is 7.71. The molecule has 1 aliphatic rings. The van der Waals surface area contributed by atoms with Gasteiger partial charge in [-0.2, -0.15) is 0 Å². The number of carbonyl (C=O) groups is 4. The number of hydrogen-bond donors (Lipinski definition) is 2. The van der Waals surface area contributed by atoms with Crippen LogP contribution < -0.4 is 10.6 Å². The standard InChI is InChI=1S/C26H28N6O5/c1-15(2)22(23(34)24-31-30-21(37-24)12-17-8-6-7-16(3)11-17)29-20(33)14-32-25(35)19(28-26(32)36)13-18-9-4-5-10-27-18/h4-11,15,19,22H,12-14H2,1-3H3,(H,28,36)(H,29,33)/t19-,22+/m1/s1. The Balaban J connectivity index is 1.37. The average molecular weight is 505 g/mol. The molecular formula is C26H28N6O5. The van der Waals surface area contributed by atoms with Crippen LogP contribution >= 0.6 is 0 Å². The van der Waals surface area contributed by atoms with Crippen molar-refractivity contribution in [2.45, 2.75) is 45.7 Å². The van der Waals surface area contributed by atoms with Gasteiger partial charge in [-0.1, -0.05) is 49.7 Å². The fourth-order valence-electron chi connectivity index (χ4n) is 4.04. The van der Waals surface area contributed by atoms with Crippen molar-refractivity contribution in [3.63, 3.8) is 0 Å². The minimum atomic E-state index is -0.982. The zero-order valence-electron chi connectivity index (χ0n) is 20.8. The topological polar surface area (TPSA) is 147 Å². The Hall–Kier alpha value is -4.41. The number of Topliss-reactive ketones (excluding diaryl/α,β-unsaturated/α-hetero) is 1. The van der Waals surface area contributed by atoms with E-state index >= 15 is 0 Å². The van der Waals surface area contributed by atoms with Gasteiger partial charge in [-0.05, 0) is 30.5 Å². The van der Waals surface area contributed by atoms with Crippen molar-refractivity contribution in [3.05, 3.63) is 77.3 Å². The molecule has 3 heterocycles. The third-order valence-electron chi connectivity index (χ3n) is 5.93. The fraction of sp³-hybridized carbons (Fsp3) is 0.346. The molecule has 4 rings (SSSR count). The second kappa shape index (κ2) is 11.1. The molecule has 2 atom stereocenters. The van der Waals surface area contributed by atoms with Crippen molar-refractivity contribution < 1.29 is 23.6 Å². The summed E-state index contributed by atoms with van der Waals surface area (Å²) in [5, 5.41) is 13.0. The van der Waals surface area contributed by atoms with Crippen molar-refractivity contribution >= 4 is 23.6 Å². The van der Waals surface area contributed by atoms with E-state index in [1.54, 1.807) is 38.2 Å². The monoisotopic (exact) mass is 504 g/mol. The van der Waals surface area contributed by atoms with E-state index in [9.17, 15) is 19.2 Å². The van der Waals surface area contributed by atoms with Crippen LogP contribution in [0.2, 0.25) is 0 Å². The number of hydrogen-bond acceptors (Lipinski definition) is 8. The molecule has 0 spiro atoms. The number of aromatic nitrogens is 3. The normalized spacial score (nSPS) is 16.1. The predicted octanol–water partition coefficient (Wildman–Crippen LogP) is 1.85. The molecule has 0 saturated carbocycles. The largest absolute Gasteiger partial charge is 0.418 e. The Bertz CT molecular complexity index is 1310. The van der Waals surface area contributed by atoms with Crippen molar-refractivity contribution in [2.75, 3.05) is 6.54 Å². The number of ketones is 1. The number of pyridine rings is 1. The van der Waals surface area contributed by atoms with Crippen LogP contribution in [0.3, 0.4) is 0 Å². The maximum Gasteiger partial charge on any atom is 0.325 e. The first-order valence-electron chi connectivity index (χ1n) is 11.9. The quantitative estimate of drug-likeness (QED) is 0.314. The molecule has 0 radical (unpaired) electrons. The van der Waals surface area contributed by atoms with E-state index in [0.717, 1.165) is 16.0 Å². The van der Waals surface area contributed by atoms with Crippen LogP contribution in [0.1, 0.15) is 47.2 Å².